The van der Waals surface area contributed by atoms with Crippen LogP contribution in [-0.2, 0) is 14.4 Å². The first kappa shape index (κ1) is 20.0. The van der Waals surface area contributed by atoms with Gasteiger partial charge in [0.15, 0.2) is 0 Å². The van der Waals surface area contributed by atoms with E-state index in [9.17, 15) is 19.5 Å². The van der Waals surface area contributed by atoms with E-state index in [0.29, 0.717) is 18.8 Å². The highest BCUT2D eigenvalue weighted by Gasteiger charge is 2.45. The summed E-state index contributed by atoms with van der Waals surface area (Å²) in [5.41, 5.74) is 5.21. The molecule has 9 heteroatoms. The van der Waals surface area contributed by atoms with Gasteiger partial charge in [-0.3, -0.25) is 19.7 Å². The average molecular weight is 372 g/mol. The smallest absolute Gasteiger partial charge is 0.242 e. The van der Waals surface area contributed by atoms with E-state index in [4.69, 9.17) is 5.73 Å². The number of likely N-dealkylation sites (tertiary alicyclic amines) is 1. The van der Waals surface area contributed by atoms with Crippen molar-refractivity contribution < 1.29 is 19.5 Å². The molecule has 2 saturated heterocycles. The van der Waals surface area contributed by atoms with Crippen LogP contribution in [0.3, 0.4) is 0 Å². The molecule has 2 fully saturated rings. The van der Waals surface area contributed by atoms with E-state index in [1.807, 2.05) is 18.7 Å². The maximum atomic E-state index is 12.4. The monoisotopic (exact) mass is 372 g/mol. The summed E-state index contributed by atoms with van der Waals surface area (Å²) < 4.78 is 0. The van der Waals surface area contributed by atoms with Crippen molar-refractivity contribution in [3.63, 3.8) is 0 Å². The molecule has 0 aromatic carbocycles. The molecule has 5 N–H and O–H groups in total. The van der Waals surface area contributed by atoms with Crippen molar-refractivity contribution in [3.8, 4) is 0 Å². The van der Waals surface area contributed by atoms with Crippen molar-refractivity contribution in [2.75, 3.05) is 18.8 Å². The molecule has 25 heavy (non-hydrogen) atoms. The maximum absolute atomic E-state index is 12.4. The van der Waals surface area contributed by atoms with Crippen LogP contribution in [-0.4, -0.2) is 69.6 Å². The highest BCUT2D eigenvalue weighted by Crippen LogP contribution is 2.39. The Morgan fingerprint density at radius 2 is 1.88 bits per heavy atom. The minimum absolute atomic E-state index is 0.0111. The highest BCUT2D eigenvalue weighted by molar-refractivity contribution is 8.01. The molecule has 1 unspecified atom stereocenters. The Balaban J connectivity index is 1.90. The summed E-state index contributed by atoms with van der Waals surface area (Å²) in [5.74, 6) is -0.370. The molecular weight excluding hydrogens is 344 g/mol. The molecule has 0 bridgehead atoms. The summed E-state index contributed by atoms with van der Waals surface area (Å²) in [4.78, 5) is 37.5. The minimum Gasteiger partial charge on any atom is -0.391 e. The molecule has 0 saturated carbocycles. The second-order valence-corrected chi connectivity index (χ2v) is 8.51. The summed E-state index contributed by atoms with van der Waals surface area (Å²) in [7, 11) is 0. The number of aliphatic hydroxyl groups excluding tert-OH is 1. The topological polar surface area (TPSA) is 125 Å². The third-order valence-electron chi connectivity index (χ3n) is 4.74. The van der Waals surface area contributed by atoms with Gasteiger partial charge in [0.25, 0.3) is 0 Å². The van der Waals surface area contributed by atoms with Crippen LogP contribution < -0.4 is 16.4 Å². The lowest BCUT2D eigenvalue weighted by Gasteiger charge is -2.39. The predicted octanol–water partition coefficient (Wildman–Crippen LogP) is -0.983. The normalized spacial score (nSPS) is 25.0. The van der Waals surface area contributed by atoms with E-state index in [0.717, 1.165) is 12.8 Å². The van der Waals surface area contributed by atoms with Gasteiger partial charge in [-0.05, 0) is 19.8 Å². The van der Waals surface area contributed by atoms with Crippen molar-refractivity contribution >= 4 is 29.5 Å². The van der Waals surface area contributed by atoms with E-state index in [1.165, 1.54) is 6.92 Å². The fraction of sp³-hybridized carbons (Fsp3) is 0.812. The second kappa shape index (κ2) is 7.92. The van der Waals surface area contributed by atoms with Gasteiger partial charge in [-0.1, -0.05) is 13.8 Å². The molecule has 3 amide bonds. The average Bonchev–Trinajstić information content (AvgIpc) is 2.95. The van der Waals surface area contributed by atoms with E-state index >= 15 is 0 Å². The largest absolute Gasteiger partial charge is 0.391 e. The number of nitrogens with two attached hydrogens (primary N) is 1. The number of nitrogens with one attached hydrogen (secondary N) is 2. The Morgan fingerprint density at radius 1 is 1.28 bits per heavy atom. The number of hydrogen-bond acceptors (Lipinski definition) is 6. The van der Waals surface area contributed by atoms with Crippen LogP contribution in [0.2, 0.25) is 0 Å². The molecule has 8 nitrogen and oxygen atoms in total. The number of thioether (sulfide) groups is 1. The van der Waals surface area contributed by atoms with Crippen LogP contribution in [0.1, 0.15) is 33.6 Å². The van der Waals surface area contributed by atoms with Crippen molar-refractivity contribution in [3.05, 3.63) is 0 Å². The Bertz CT molecular complexity index is 532. The SMILES string of the molecule is CC(C)C(=O)N1CCC2(CC1)NC(C(=O)N[C@H](C(N)=O)[C@@H](C)O)CS2. The summed E-state index contributed by atoms with van der Waals surface area (Å²) in [6.45, 7) is 6.54. The number of hydrogen-bond donors (Lipinski definition) is 4. The summed E-state index contributed by atoms with van der Waals surface area (Å²) in [5, 5.41) is 15.4. The first-order valence-corrected chi connectivity index (χ1v) is 9.62. The molecule has 0 aromatic heterocycles. The first-order valence-electron chi connectivity index (χ1n) is 8.63. The maximum Gasteiger partial charge on any atom is 0.242 e. The van der Waals surface area contributed by atoms with Gasteiger partial charge in [0, 0.05) is 24.8 Å². The third-order valence-corrected chi connectivity index (χ3v) is 6.32. The number of carbonyl (C=O) groups excluding carboxylic acids is 3. The van der Waals surface area contributed by atoms with Gasteiger partial charge in [-0.15, -0.1) is 11.8 Å². The summed E-state index contributed by atoms with van der Waals surface area (Å²) >= 11 is 1.68. The number of amides is 3. The summed E-state index contributed by atoms with van der Waals surface area (Å²) in [6.07, 6.45) is 0.500. The zero-order valence-corrected chi connectivity index (χ0v) is 15.8. The van der Waals surface area contributed by atoms with Gasteiger partial charge >= 0.3 is 0 Å². The molecule has 1 spiro atoms. The highest BCUT2D eigenvalue weighted by atomic mass is 32.2. The number of piperidine rings is 1. The Labute approximate surface area is 152 Å². The van der Waals surface area contributed by atoms with Crippen LogP contribution in [0, 0.1) is 5.92 Å². The van der Waals surface area contributed by atoms with Crippen LogP contribution in [0.5, 0.6) is 0 Å². The molecule has 0 aliphatic carbocycles. The Kier molecular flexibility index (Phi) is 6.34. The molecule has 2 rings (SSSR count). The van der Waals surface area contributed by atoms with E-state index in [2.05, 4.69) is 10.6 Å². The van der Waals surface area contributed by atoms with Crippen LogP contribution in [0.25, 0.3) is 0 Å². The number of carbonyl (C=O) groups is 3. The zero-order valence-electron chi connectivity index (χ0n) is 14.9. The van der Waals surface area contributed by atoms with Crippen molar-refractivity contribution in [2.24, 2.45) is 11.7 Å². The van der Waals surface area contributed by atoms with E-state index < -0.39 is 24.1 Å². The van der Waals surface area contributed by atoms with Gasteiger partial charge in [-0.2, -0.15) is 0 Å². The Morgan fingerprint density at radius 3 is 2.36 bits per heavy atom. The number of rotatable bonds is 5. The second-order valence-electron chi connectivity index (χ2n) is 7.11. The fourth-order valence-electron chi connectivity index (χ4n) is 3.21. The first-order chi connectivity index (χ1) is 11.6. The van der Waals surface area contributed by atoms with Crippen molar-refractivity contribution in [1.82, 2.24) is 15.5 Å². The third kappa shape index (κ3) is 4.65. The molecule has 3 atom stereocenters. The van der Waals surface area contributed by atoms with Crippen LogP contribution in [0.4, 0.5) is 0 Å². The van der Waals surface area contributed by atoms with Crippen molar-refractivity contribution in [2.45, 2.75) is 56.7 Å². The number of nitrogens with zero attached hydrogens (tertiary/aromatic N) is 1. The van der Waals surface area contributed by atoms with Crippen LogP contribution >= 0.6 is 11.8 Å². The van der Waals surface area contributed by atoms with Gasteiger partial charge in [-0.25, -0.2) is 0 Å². The van der Waals surface area contributed by atoms with Gasteiger partial charge in [0.2, 0.25) is 17.7 Å². The lowest BCUT2D eigenvalue weighted by molar-refractivity contribution is -0.136. The van der Waals surface area contributed by atoms with Gasteiger partial charge in [0.05, 0.1) is 17.0 Å². The lowest BCUT2D eigenvalue weighted by atomic mass is 10.0. The van der Waals surface area contributed by atoms with Gasteiger partial charge in [0.1, 0.15) is 6.04 Å². The number of aliphatic hydroxyl groups is 1. The molecule has 2 aliphatic heterocycles. The van der Waals surface area contributed by atoms with E-state index in [-0.39, 0.29) is 22.6 Å². The molecular formula is C16H28N4O4S. The van der Waals surface area contributed by atoms with E-state index in [1.54, 1.807) is 11.8 Å². The minimum atomic E-state index is -1.10. The van der Waals surface area contributed by atoms with Crippen molar-refractivity contribution in [1.29, 1.82) is 0 Å². The predicted molar refractivity (Wildman–Crippen MR) is 95.6 cm³/mol. The standard InChI is InChI=1S/C16H28N4O4S/c1-9(2)15(24)20-6-4-16(5-7-20)19-11(8-25-16)14(23)18-12(10(3)21)13(17)22/h9-12,19,21H,4-8H2,1-3H3,(H2,17,22)(H,18,23)/t10-,11?,12+/m1/s1. The molecule has 0 aromatic rings. The molecule has 142 valence electrons. The van der Waals surface area contributed by atoms with Gasteiger partial charge < -0.3 is 21.1 Å². The fourth-order valence-corrected chi connectivity index (χ4v) is 4.63. The quantitative estimate of drug-likeness (QED) is 0.491. The lowest BCUT2D eigenvalue weighted by Crippen LogP contribution is -2.58. The zero-order chi connectivity index (χ0) is 18.8. The molecule has 2 heterocycles. The number of primary amides is 1. The Hall–Kier alpha value is -1.32. The molecule has 2 aliphatic rings. The summed E-state index contributed by atoms with van der Waals surface area (Å²) in [6, 6.07) is -1.54. The molecule has 0 radical (unpaired) electrons. The van der Waals surface area contributed by atoms with Crippen LogP contribution in [0.15, 0.2) is 0 Å².